The van der Waals surface area contributed by atoms with Gasteiger partial charge in [0.15, 0.2) is 12.3 Å². The van der Waals surface area contributed by atoms with Gasteiger partial charge in [-0.1, -0.05) is 17.7 Å². The number of fused-ring (bicyclic) bond motifs is 1. The molecule has 0 spiro atoms. The lowest BCUT2D eigenvalue weighted by Gasteiger charge is -2.26. The Morgan fingerprint density at radius 3 is 2.85 bits per heavy atom. The van der Waals surface area contributed by atoms with Crippen LogP contribution in [0.25, 0.3) is 5.52 Å². The highest BCUT2D eigenvalue weighted by Gasteiger charge is 2.22. The molecule has 0 radical (unpaired) electrons. The number of likely N-dealkylation sites (tertiary alicyclic amines) is 1. The van der Waals surface area contributed by atoms with Crippen LogP contribution in [0.5, 0.6) is 5.75 Å². The molecule has 0 bridgehead atoms. The number of halogens is 1. The van der Waals surface area contributed by atoms with E-state index in [9.17, 15) is 5.11 Å². The Bertz CT molecular complexity index is 1240. The molecule has 1 fully saturated rings. The third kappa shape index (κ3) is 4.95. The molecule has 176 valence electrons. The molecule has 3 aromatic rings. The quantitative estimate of drug-likeness (QED) is 0.229. The van der Waals surface area contributed by atoms with Crippen LogP contribution in [0.1, 0.15) is 37.1 Å². The zero-order chi connectivity index (χ0) is 24.1. The maximum atomic E-state index is 9.96. The summed E-state index contributed by atoms with van der Waals surface area (Å²) in [6.45, 7) is 2.93. The van der Waals surface area contributed by atoms with E-state index in [0.29, 0.717) is 52.1 Å². The maximum absolute atomic E-state index is 9.96. The van der Waals surface area contributed by atoms with Crippen molar-refractivity contribution in [2.45, 2.75) is 31.9 Å². The molecule has 4 rings (SSSR count). The number of pyridine rings is 2. The van der Waals surface area contributed by atoms with Crippen LogP contribution in [0, 0.1) is 11.5 Å². The van der Waals surface area contributed by atoms with E-state index in [-0.39, 0.29) is 12.6 Å². The Morgan fingerprint density at radius 1 is 1.41 bits per heavy atom. The number of nitrogens with two attached hydrogens (primary N) is 1. The van der Waals surface area contributed by atoms with E-state index in [1.807, 2.05) is 13.0 Å². The third-order valence-electron chi connectivity index (χ3n) is 5.71. The Kier molecular flexibility index (Phi) is 7.25. The van der Waals surface area contributed by atoms with Crippen molar-refractivity contribution in [3.63, 3.8) is 0 Å². The number of hydrogen-bond donors (Lipinski definition) is 2. The number of hydrazone groups is 1. The molecule has 0 saturated carbocycles. The van der Waals surface area contributed by atoms with E-state index in [1.54, 1.807) is 40.0 Å². The molecule has 0 amide bonds. The summed E-state index contributed by atoms with van der Waals surface area (Å²) in [6.07, 6.45) is 7.96. The number of rotatable bonds is 7. The number of ether oxygens (including phenoxy) is 1. The van der Waals surface area contributed by atoms with Crippen LogP contribution >= 0.6 is 11.6 Å². The fourth-order valence-corrected chi connectivity index (χ4v) is 4.21. The molecule has 1 aliphatic rings. The largest absolute Gasteiger partial charge is 0.479 e. The lowest BCUT2D eigenvalue weighted by Crippen LogP contribution is -2.32. The van der Waals surface area contributed by atoms with Crippen molar-refractivity contribution in [3.05, 3.63) is 59.1 Å². The van der Waals surface area contributed by atoms with E-state index in [0.717, 1.165) is 12.8 Å². The predicted molar refractivity (Wildman–Crippen MR) is 129 cm³/mol. The summed E-state index contributed by atoms with van der Waals surface area (Å²) in [4.78, 5) is 10.8. The van der Waals surface area contributed by atoms with E-state index < -0.39 is 6.10 Å². The molecule has 1 atom stereocenters. The van der Waals surface area contributed by atoms with Crippen molar-refractivity contribution in [1.82, 2.24) is 19.5 Å². The van der Waals surface area contributed by atoms with Crippen molar-refractivity contribution < 1.29 is 9.84 Å². The first-order valence-electron chi connectivity index (χ1n) is 10.9. The summed E-state index contributed by atoms with van der Waals surface area (Å²) in [5.74, 6) is 6.19. The molecular weight excluding hydrogens is 456 g/mol. The second-order valence-corrected chi connectivity index (χ2v) is 8.34. The monoisotopic (exact) mass is 480 g/mol. The van der Waals surface area contributed by atoms with Gasteiger partial charge in [-0.25, -0.2) is 4.52 Å². The predicted octanol–water partition coefficient (Wildman–Crippen LogP) is 2.56. The maximum Gasteiger partial charge on any atom is 0.179 e. The molecule has 1 aliphatic heterocycles. The number of aliphatic imine (C=N–C) groups is 1. The van der Waals surface area contributed by atoms with Crippen LogP contribution < -0.4 is 10.6 Å². The molecule has 0 aromatic carbocycles. The van der Waals surface area contributed by atoms with Crippen LogP contribution in [0.4, 0.5) is 0 Å². The first kappa shape index (κ1) is 23.5. The van der Waals surface area contributed by atoms with Gasteiger partial charge in [-0.3, -0.25) is 9.98 Å². The van der Waals surface area contributed by atoms with Gasteiger partial charge in [0.1, 0.15) is 17.0 Å². The average Bonchev–Trinajstić information content (AvgIpc) is 3.24. The van der Waals surface area contributed by atoms with Crippen LogP contribution in [0.3, 0.4) is 0 Å². The van der Waals surface area contributed by atoms with Crippen molar-refractivity contribution in [2.24, 2.45) is 15.9 Å². The van der Waals surface area contributed by atoms with Gasteiger partial charge in [-0.15, -0.1) is 0 Å². The van der Waals surface area contributed by atoms with Gasteiger partial charge in [0.05, 0.1) is 35.3 Å². The minimum absolute atomic E-state index is 0.0860. The lowest BCUT2D eigenvalue weighted by atomic mass is 10.0. The first-order chi connectivity index (χ1) is 16.5. The van der Waals surface area contributed by atoms with Crippen molar-refractivity contribution in [1.29, 1.82) is 5.26 Å². The van der Waals surface area contributed by atoms with Crippen molar-refractivity contribution in [2.75, 3.05) is 19.7 Å². The van der Waals surface area contributed by atoms with Crippen LogP contribution in [-0.4, -0.2) is 61.8 Å². The summed E-state index contributed by atoms with van der Waals surface area (Å²) in [7, 11) is 0. The van der Waals surface area contributed by atoms with Gasteiger partial charge in [0.2, 0.25) is 0 Å². The number of nitrogens with zero attached hydrogens (tertiary/aromatic N) is 7. The molecule has 11 heteroatoms. The number of piperidine rings is 1. The second-order valence-electron chi connectivity index (χ2n) is 7.93. The van der Waals surface area contributed by atoms with E-state index in [4.69, 9.17) is 32.4 Å². The molecule has 4 heterocycles. The van der Waals surface area contributed by atoms with Gasteiger partial charge in [-0.2, -0.15) is 15.5 Å². The topological polar surface area (TPSA) is 137 Å². The summed E-state index contributed by atoms with van der Waals surface area (Å²) < 4.78 is 7.75. The first-order valence-corrected chi connectivity index (χ1v) is 11.2. The normalized spacial score (nSPS) is 16.5. The molecule has 10 nitrogen and oxygen atoms in total. The molecule has 0 unspecified atom stereocenters. The Balaban J connectivity index is 1.67. The fourth-order valence-electron chi connectivity index (χ4n) is 3.99. The average molecular weight is 481 g/mol. The van der Waals surface area contributed by atoms with E-state index >= 15 is 0 Å². The third-order valence-corrected chi connectivity index (χ3v) is 5.99. The number of aliphatic hydroxyl groups is 1. The van der Waals surface area contributed by atoms with E-state index in [1.165, 1.54) is 6.20 Å². The lowest BCUT2D eigenvalue weighted by molar-refractivity contribution is 0.114. The highest BCUT2D eigenvalue weighted by atomic mass is 35.5. The van der Waals surface area contributed by atoms with Crippen molar-refractivity contribution in [3.8, 4) is 11.9 Å². The van der Waals surface area contributed by atoms with Gasteiger partial charge in [0, 0.05) is 31.0 Å². The number of hydrogen-bond acceptors (Lipinski definition) is 9. The van der Waals surface area contributed by atoms with Crippen LogP contribution in [0.15, 0.2) is 52.9 Å². The molecular formula is C23H25ClN8O2. The highest BCUT2D eigenvalue weighted by Crippen LogP contribution is 2.32. The smallest absolute Gasteiger partial charge is 0.179 e. The van der Waals surface area contributed by atoms with Gasteiger partial charge < -0.3 is 20.6 Å². The molecule has 3 aromatic heterocycles. The van der Waals surface area contributed by atoms with Gasteiger partial charge in [0.25, 0.3) is 0 Å². The summed E-state index contributed by atoms with van der Waals surface area (Å²) >= 11 is 6.38. The molecule has 34 heavy (non-hydrogen) atoms. The number of nitriles is 1. The molecule has 0 aliphatic carbocycles. The minimum atomic E-state index is -0.704. The van der Waals surface area contributed by atoms with Gasteiger partial charge >= 0.3 is 0 Å². The molecule has 1 saturated heterocycles. The Morgan fingerprint density at radius 2 is 2.21 bits per heavy atom. The SMILES string of the molecule is CC(=NC1CCN(C#N)CC1)/C(=N\N)c1cc(O[C@H](CO)c2ccccn2)c2c(Cl)cnn2c1. The zero-order valence-electron chi connectivity index (χ0n) is 18.7. The highest BCUT2D eigenvalue weighted by molar-refractivity contribution is 6.47. The summed E-state index contributed by atoms with van der Waals surface area (Å²) in [6, 6.07) is 7.24. The Hall–Kier alpha value is -3.68. The number of aromatic nitrogens is 3. The minimum Gasteiger partial charge on any atom is -0.479 e. The van der Waals surface area contributed by atoms with Crippen molar-refractivity contribution >= 4 is 28.5 Å². The second kappa shape index (κ2) is 10.5. The fraction of sp³-hybridized carbons (Fsp3) is 0.348. The summed E-state index contributed by atoms with van der Waals surface area (Å²) in [5, 5.41) is 27.7. The van der Waals surface area contributed by atoms with Gasteiger partial charge in [-0.05, 0) is 38.0 Å². The Labute approximate surface area is 201 Å². The summed E-state index contributed by atoms with van der Waals surface area (Å²) in [5.41, 5.74) is 2.93. The van der Waals surface area contributed by atoms with Crippen LogP contribution in [-0.2, 0) is 0 Å². The van der Waals surface area contributed by atoms with E-state index in [2.05, 4.69) is 21.4 Å². The zero-order valence-corrected chi connectivity index (χ0v) is 19.4. The van der Waals surface area contributed by atoms with Crippen LogP contribution in [0.2, 0.25) is 5.02 Å². The number of aliphatic hydroxyl groups excluding tert-OH is 1. The standard InChI is InChI=1S/C23H25ClN8O2/c1-15(29-17-5-8-31(14-25)9-6-17)22(30-26)16-10-20(23-18(24)11-28-32(23)12-16)34-21(13-33)19-4-2-3-7-27-19/h2-4,7,10-12,17,21,33H,5-6,8-9,13,26H2,1H3/b29-15?,30-22+/t21-/m1/s1. The molecule has 3 N–H and O–H groups in total.